The fourth-order valence-electron chi connectivity index (χ4n) is 2.99. The van der Waals surface area contributed by atoms with Crippen molar-refractivity contribution in [1.82, 2.24) is 0 Å². The van der Waals surface area contributed by atoms with Crippen molar-refractivity contribution in [3.05, 3.63) is 75.4 Å². The third-order valence-electron chi connectivity index (χ3n) is 4.50. The van der Waals surface area contributed by atoms with Crippen LogP contribution in [0.4, 0.5) is 4.39 Å². The van der Waals surface area contributed by atoms with Gasteiger partial charge in [0, 0.05) is 29.0 Å². The predicted octanol–water partition coefficient (Wildman–Crippen LogP) is 4.32. The molecule has 28 heavy (non-hydrogen) atoms. The molecule has 0 unspecified atom stereocenters. The molecular formula is C22H21FO5. The Morgan fingerprint density at radius 3 is 2.71 bits per heavy atom. The van der Waals surface area contributed by atoms with Crippen LogP contribution < -0.4 is 10.4 Å². The number of benzene rings is 2. The normalized spacial score (nSPS) is 10.8. The molecule has 0 saturated carbocycles. The van der Waals surface area contributed by atoms with E-state index in [9.17, 15) is 14.0 Å². The summed E-state index contributed by atoms with van der Waals surface area (Å²) in [5.41, 5.74) is 1.56. The van der Waals surface area contributed by atoms with Crippen LogP contribution in [-0.4, -0.2) is 12.6 Å². The minimum Gasteiger partial charge on any atom is -0.489 e. The Morgan fingerprint density at radius 2 is 1.96 bits per heavy atom. The maximum atomic E-state index is 13.7. The molecule has 146 valence electrons. The lowest BCUT2D eigenvalue weighted by atomic mass is 10.0. The largest absolute Gasteiger partial charge is 0.489 e. The number of hydrogen-bond acceptors (Lipinski definition) is 5. The second-order valence-electron chi connectivity index (χ2n) is 6.34. The van der Waals surface area contributed by atoms with E-state index in [-0.39, 0.29) is 31.2 Å². The summed E-state index contributed by atoms with van der Waals surface area (Å²) in [6.45, 7) is 3.93. The lowest BCUT2D eigenvalue weighted by Gasteiger charge is -2.10. The molecule has 1 aromatic heterocycles. The number of halogens is 1. The summed E-state index contributed by atoms with van der Waals surface area (Å²) in [5.74, 6) is -0.215. The van der Waals surface area contributed by atoms with Crippen LogP contribution in [0.15, 0.2) is 51.7 Å². The van der Waals surface area contributed by atoms with Gasteiger partial charge in [-0.25, -0.2) is 9.18 Å². The first-order chi connectivity index (χ1) is 13.5. The molecule has 0 aliphatic rings. The van der Waals surface area contributed by atoms with E-state index in [1.165, 1.54) is 6.07 Å². The molecule has 5 nitrogen and oxygen atoms in total. The van der Waals surface area contributed by atoms with E-state index in [1.807, 2.05) is 6.92 Å². The third-order valence-corrected chi connectivity index (χ3v) is 4.50. The van der Waals surface area contributed by atoms with Crippen LogP contribution in [-0.2, 0) is 22.6 Å². The fourth-order valence-corrected chi connectivity index (χ4v) is 2.99. The standard InChI is InChI=1S/C22H21FO5/c1-3-26-21(24)11-10-18-14(2)17-9-8-16(12-20(17)28-22(18)25)27-13-15-6-4-5-7-19(15)23/h4-9,12H,3,10-11,13H2,1-2H3. The molecule has 1 heterocycles. The number of ether oxygens (including phenoxy) is 2. The number of hydrogen-bond donors (Lipinski definition) is 0. The van der Waals surface area contributed by atoms with Crippen LogP contribution in [0, 0.1) is 12.7 Å². The molecule has 0 radical (unpaired) electrons. The summed E-state index contributed by atoms with van der Waals surface area (Å²) in [6.07, 6.45) is 0.378. The average Bonchev–Trinajstić information content (AvgIpc) is 2.67. The molecule has 0 saturated heterocycles. The molecule has 0 aliphatic carbocycles. The SMILES string of the molecule is CCOC(=O)CCc1c(C)c2ccc(OCc3ccccc3F)cc2oc1=O. The summed E-state index contributed by atoms with van der Waals surface area (Å²) in [7, 11) is 0. The van der Waals surface area contributed by atoms with E-state index in [0.29, 0.717) is 29.1 Å². The first-order valence-electron chi connectivity index (χ1n) is 9.07. The molecule has 0 spiro atoms. The number of carbonyl (C=O) groups excluding carboxylic acids is 1. The molecule has 0 N–H and O–H groups in total. The summed E-state index contributed by atoms with van der Waals surface area (Å²) in [6, 6.07) is 11.5. The summed E-state index contributed by atoms with van der Waals surface area (Å²) >= 11 is 0. The van der Waals surface area contributed by atoms with Crippen LogP contribution in [0.2, 0.25) is 0 Å². The van der Waals surface area contributed by atoms with Gasteiger partial charge in [0.1, 0.15) is 23.8 Å². The molecule has 6 heteroatoms. The van der Waals surface area contributed by atoms with Gasteiger partial charge in [0.05, 0.1) is 6.61 Å². The average molecular weight is 384 g/mol. The van der Waals surface area contributed by atoms with Crippen LogP contribution in [0.25, 0.3) is 11.0 Å². The molecule has 3 aromatic rings. The summed E-state index contributed by atoms with van der Waals surface area (Å²) in [5, 5.41) is 0.761. The molecule has 0 aliphatic heterocycles. The zero-order valence-electron chi connectivity index (χ0n) is 15.8. The smallest absolute Gasteiger partial charge is 0.339 e. The van der Waals surface area contributed by atoms with E-state index in [0.717, 1.165) is 10.9 Å². The Balaban J connectivity index is 1.81. The van der Waals surface area contributed by atoms with Gasteiger partial charge in [-0.3, -0.25) is 4.79 Å². The van der Waals surface area contributed by atoms with Crippen molar-refractivity contribution in [1.29, 1.82) is 0 Å². The summed E-state index contributed by atoms with van der Waals surface area (Å²) in [4.78, 5) is 23.9. The fraction of sp³-hybridized carbons (Fsp3) is 0.273. The lowest BCUT2D eigenvalue weighted by molar-refractivity contribution is -0.143. The van der Waals surface area contributed by atoms with Gasteiger partial charge in [0.2, 0.25) is 0 Å². The number of esters is 1. The maximum absolute atomic E-state index is 13.7. The van der Waals surface area contributed by atoms with Gasteiger partial charge in [-0.2, -0.15) is 0 Å². The van der Waals surface area contributed by atoms with E-state index in [2.05, 4.69) is 0 Å². The van der Waals surface area contributed by atoms with Gasteiger partial charge in [-0.1, -0.05) is 18.2 Å². The molecule has 0 amide bonds. The number of fused-ring (bicyclic) bond motifs is 1. The Bertz CT molecular complexity index is 1050. The maximum Gasteiger partial charge on any atom is 0.339 e. The molecule has 3 rings (SSSR count). The molecular weight excluding hydrogens is 363 g/mol. The van der Waals surface area contributed by atoms with Crippen molar-refractivity contribution in [2.24, 2.45) is 0 Å². The highest BCUT2D eigenvalue weighted by molar-refractivity contribution is 5.82. The second-order valence-corrected chi connectivity index (χ2v) is 6.34. The Labute approximate surface area is 161 Å². The third kappa shape index (κ3) is 4.39. The van der Waals surface area contributed by atoms with E-state index in [4.69, 9.17) is 13.9 Å². The Morgan fingerprint density at radius 1 is 1.18 bits per heavy atom. The zero-order valence-corrected chi connectivity index (χ0v) is 15.8. The molecule has 0 bridgehead atoms. The quantitative estimate of drug-likeness (QED) is 0.448. The predicted molar refractivity (Wildman–Crippen MR) is 103 cm³/mol. The number of aryl methyl sites for hydroxylation is 1. The minimum atomic E-state index is -0.486. The van der Waals surface area contributed by atoms with E-state index in [1.54, 1.807) is 43.3 Å². The van der Waals surface area contributed by atoms with Crippen LogP contribution in [0.5, 0.6) is 5.75 Å². The highest BCUT2D eigenvalue weighted by Gasteiger charge is 2.14. The Hall–Kier alpha value is -3.15. The first-order valence-corrected chi connectivity index (χ1v) is 9.07. The highest BCUT2D eigenvalue weighted by atomic mass is 19.1. The monoisotopic (exact) mass is 384 g/mol. The van der Waals surface area contributed by atoms with Crippen molar-refractivity contribution in [3.8, 4) is 5.75 Å². The lowest BCUT2D eigenvalue weighted by Crippen LogP contribution is -2.13. The molecule has 0 fully saturated rings. The van der Waals surface area contributed by atoms with E-state index >= 15 is 0 Å². The molecule has 0 atom stereocenters. The second kappa shape index (κ2) is 8.69. The van der Waals surface area contributed by atoms with Gasteiger partial charge in [-0.15, -0.1) is 0 Å². The van der Waals surface area contributed by atoms with Gasteiger partial charge >= 0.3 is 11.6 Å². The van der Waals surface area contributed by atoms with Crippen LogP contribution in [0.1, 0.15) is 30.0 Å². The number of carbonyl (C=O) groups is 1. The van der Waals surface area contributed by atoms with Gasteiger partial charge in [0.25, 0.3) is 0 Å². The molecule has 2 aromatic carbocycles. The topological polar surface area (TPSA) is 65.7 Å². The summed E-state index contributed by atoms with van der Waals surface area (Å²) < 4.78 is 29.7. The zero-order chi connectivity index (χ0) is 20.1. The van der Waals surface area contributed by atoms with Crippen LogP contribution >= 0.6 is 0 Å². The van der Waals surface area contributed by atoms with Crippen molar-refractivity contribution < 1.29 is 23.1 Å². The van der Waals surface area contributed by atoms with Crippen LogP contribution in [0.3, 0.4) is 0 Å². The van der Waals surface area contributed by atoms with Crippen molar-refractivity contribution in [2.45, 2.75) is 33.3 Å². The Kier molecular flexibility index (Phi) is 6.09. The minimum absolute atomic E-state index is 0.0685. The van der Waals surface area contributed by atoms with Crippen molar-refractivity contribution >= 4 is 16.9 Å². The number of rotatable bonds is 7. The van der Waals surface area contributed by atoms with Crippen molar-refractivity contribution in [3.63, 3.8) is 0 Å². The van der Waals surface area contributed by atoms with Gasteiger partial charge in [-0.05, 0) is 44.0 Å². The van der Waals surface area contributed by atoms with Crippen molar-refractivity contribution in [2.75, 3.05) is 6.61 Å². The first kappa shape index (κ1) is 19.6. The van der Waals surface area contributed by atoms with E-state index < -0.39 is 5.63 Å². The van der Waals surface area contributed by atoms with Gasteiger partial charge in [0.15, 0.2) is 0 Å². The highest BCUT2D eigenvalue weighted by Crippen LogP contribution is 2.25. The van der Waals surface area contributed by atoms with Gasteiger partial charge < -0.3 is 13.9 Å².